The lowest BCUT2D eigenvalue weighted by Crippen LogP contribution is -1.96. The van der Waals surface area contributed by atoms with Gasteiger partial charge in [-0.3, -0.25) is 0 Å². The molecule has 2 aromatic heterocycles. The number of aryl methyl sites for hydroxylation is 2. The van der Waals surface area contributed by atoms with Gasteiger partial charge in [-0.1, -0.05) is 18.2 Å². The van der Waals surface area contributed by atoms with E-state index < -0.39 is 0 Å². The summed E-state index contributed by atoms with van der Waals surface area (Å²) >= 11 is 1.63. The van der Waals surface area contributed by atoms with Crippen molar-refractivity contribution in [3.63, 3.8) is 0 Å². The summed E-state index contributed by atoms with van der Waals surface area (Å²) in [6.07, 6.45) is 1.55. The number of phenols is 1. The molecule has 0 amide bonds. The second-order valence-electron chi connectivity index (χ2n) is 6.54. The number of ether oxygens (including phenoxy) is 1. The molecule has 0 aliphatic rings. The van der Waals surface area contributed by atoms with Crippen molar-refractivity contribution in [1.29, 1.82) is 0 Å². The number of aromatic hydroxyl groups is 1. The molecule has 142 valence electrons. The van der Waals surface area contributed by atoms with E-state index in [0.717, 1.165) is 37.5 Å². The number of phenolic OH excluding ortho intramolecular Hbond substituents is 1. The average molecular weight is 391 g/mol. The van der Waals surface area contributed by atoms with E-state index in [1.54, 1.807) is 23.7 Å². The predicted octanol–water partition coefficient (Wildman–Crippen LogP) is 5.82. The summed E-state index contributed by atoms with van der Waals surface area (Å²) < 4.78 is 5.56. The van der Waals surface area contributed by atoms with Gasteiger partial charge in [0, 0.05) is 10.4 Å². The normalized spacial score (nSPS) is 11.0. The minimum atomic E-state index is 0.196. The summed E-state index contributed by atoms with van der Waals surface area (Å²) in [7, 11) is 0. The second-order valence-corrected chi connectivity index (χ2v) is 7.74. The topological polar surface area (TPSA) is 67.3 Å². The number of fused-ring (bicyclic) bond motifs is 1. The van der Waals surface area contributed by atoms with Gasteiger partial charge in [0.2, 0.25) is 0 Å². The lowest BCUT2D eigenvalue weighted by Gasteiger charge is -2.11. The van der Waals surface area contributed by atoms with Gasteiger partial charge >= 0.3 is 0 Å². The summed E-state index contributed by atoms with van der Waals surface area (Å²) in [5.74, 6) is 1.72. The summed E-state index contributed by atoms with van der Waals surface area (Å²) in [4.78, 5) is 11.0. The average Bonchev–Trinajstić information content (AvgIpc) is 3.02. The molecule has 4 rings (SSSR count). The van der Waals surface area contributed by atoms with Crippen molar-refractivity contribution in [3.8, 4) is 22.6 Å². The zero-order valence-corrected chi connectivity index (χ0v) is 16.8. The number of nitrogens with zero attached hydrogens (tertiary/aromatic N) is 2. The van der Waals surface area contributed by atoms with Crippen molar-refractivity contribution in [2.75, 3.05) is 11.9 Å². The molecular weight excluding hydrogens is 370 g/mol. The van der Waals surface area contributed by atoms with Gasteiger partial charge in [-0.2, -0.15) is 0 Å². The van der Waals surface area contributed by atoms with Crippen LogP contribution in [0.2, 0.25) is 0 Å². The van der Waals surface area contributed by atoms with Crippen LogP contribution >= 0.6 is 11.3 Å². The van der Waals surface area contributed by atoms with Crippen molar-refractivity contribution < 1.29 is 9.84 Å². The number of rotatable bonds is 5. The number of thiophene rings is 1. The summed E-state index contributed by atoms with van der Waals surface area (Å²) in [6.45, 7) is 6.64. The van der Waals surface area contributed by atoms with Crippen LogP contribution in [0, 0.1) is 13.8 Å². The maximum Gasteiger partial charge on any atom is 0.143 e. The van der Waals surface area contributed by atoms with Crippen molar-refractivity contribution in [2.45, 2.75) is 20.8 Å². The maximum atomic E-state index is 10.3. The van der Waals surface area contributed by atoms with Crippen LogP contribution in [0.1, 0.15) is 17.4 Å². The molecule has 2 aromatic carbocycles. The van der Waals surface area contributed by atoms with E-state index in [0.29, 0.717) is 18.1 Å². The number of nitrogens with one attached hydrogen (secondary N) is 1. The molecule has 0 fully saturated rings. The lowest BCUT2D eigenvalue weighted by atomic mass is 10.0. The highest BCUT2D eigenvalue weighted by Gasteiger charge is 2.17. The molecule has 0 bridgehead atoms. The summed E-state index contributed by atoms with van der Waals surface area (Å²) in [6, 6.07) is 13.6. The fourth-order valence-electron chi connectivity index (χ4n) is 3.25. The Labute approximate surface area is 167 Å². The Morgan fingerprint density at radius 1 is 1.07 bits per heavy atom. The molecule has 0 saturated heterocycles. The third kappa shape index (κ3) is 3.39. The molecule has 2 N–H and O–H groups in total. The second kappa shape index (κ2) is 7.48. The zero-order valence-electron chi connectivity index (χ0n) is 16.0. The Morgan fingerprint density at radius 3 is 2.57 bits per heavy atom. The summed E-state index contributed by atoms with van der Waals surface area (Å²) in [5.41, 5.74) is 3.79. The fourth-order valence-corrected chi connectivity index (χ4v) is 4.26. The first-order valence-electron chi connectivity index (χ1n) is 9.10. The fraction of sp³-hybridized carbons (Fsp3) is 0.182. The van der Waals surface area contributed by atoms with Gasteiger partial charge in [-0.05, 0) is 56.2 Å². The highest BCUT2D eigenvalue weighted by molar-refractivity contribution is 7.19. The molecule has 0 atom stereocenters. The first-order chi connectivity index (χ1) is 13.6. The zero-order chi connectivity index (χ0) is 19.7. The van der Waals surface area contributed by atoms with Gasteiger partial charge in [0.1, 0.15) is 28.5 Å². The van der Waals surface area contributed by atoms with Crippen LogP contribution in [0.3, 0.4) is 0 Å². The van der Waals surface area contributed by atoms with E-state index >= 15 is 0 Å². The Morgan fingerprint density at radius 2 is 1.86 bits per heavy atom. The molecule has 5 nitrogen and oxygen atoms in total. The lowest BCUT2D eigenvalue weighted by molar-refractivity contribution is 0.340. The van der Waals surface area contributed by atoms with E-state index in [4.69, 9.17) is 4.74 Å². The van der Waals surface area contributed by atoms with Crippen molar-refractivity contribution in [2.24, 2.45) is 0 Å². The van der Waals surface area contributed by atoms with E-state index in [-0.39, 0.29) is 5.75 Å². The molecular formula is C22H21N3O2S. The first-order valence-corrected chi connectivity index (χ1v) is 9.92. The number of hydrogen-bond acceptors (Lipinski definition) is 6. The number of hydrogen-bond donors (Lipinski definition) is 2. The van der Waals surface area contributed by atoms with Gasteiger partial charge in [0.15, 0.2) is 0 Å². The minimum Gasteiger partial charge on any atom is -0.506 e. The quantitative estimate of drug-likeness (QED) is 0.419. The van der Waals surface area contributed by atoms with Crippen LogP contribution in [0.25, 0.3) is 21.3 Å². The van der Waals surface area contributed by atoms with E-state index in [9.17, 15) is 5.11 Å². The first kappa shape index (κ1) is 18.3. The molecule has 0 unspecified atom stereocenters. The monoisotopic (exact) mass is 391 g/mol. The Bertz CT molecular complexity index is 1140. The standard InChI is InChI=1S/C22H21N3O2S/c1-4-27-16-8-6-15(7-9-16)19-14(3)28-22-20(19)21(23-12-24-22)25-17-10-5-13(2)11-18(17)26/h5-12,26H,4H2,1-3H3,(H,23,24,25). The van der Waals surface area contributed by atoms with Crippen LogP contribution in [0.4, 0.5) is 11.5 Å². The highest BCUT2D eigenvalue weighted by atomic mass is 32.1. The molecule has 0 spiro atoms. The number of benzene rings is 2. The molecule has 0 radical (unpaired) electrons. The number of aromatic nitrogens is 2. The van der Waals surface area contributed by atoms with Gasteiger partial charge in [0.05, 0.1) is 17.7 Å². The number of anilines is 2. The molecule has 6 heteroatoms. The molecule has 0 saturated carbocycles. The van der Waals surface area contributed by atoms with Gasteiger partial charge in [-0.15, -0.1) is 11.3 Å². The maximum absolute atomic E-state index is 10.3. The molecule has 0 aliphatic heterocycles. The van der Waals surface area contributed by atoms with Crippen LogP contribution in [0.15, 0.2) is 48.8 Å². The van der Waals surface area contributed by atoms with E-state index in [2.05, 4.69) is 34.3 Å². The van der Waals surface area contributed by atoms with E-state index in [1.165, 1.54) is 0 Å². The molecule has 0 aliphatic carbocycles. The Hall–Kier alpha value is -3.12. The van der Waals surface area contributed by atoms with Crippen molar-refractivity contribution in [3.05, 3.63) is 59.2 Å². The highest BCUT2D eigenvalue weighted by Crippen LogP contribution is 2.42. The van der Waals surface area contributed by atoms with Crippen molar-refractivity contribution >= 4 is 33.1 Å². The minimum absolute atomic E-state index is 0.196. The largest absolute Gasteiger partial charge is 0.506 e. The molecule has 28 heavy (non-hydrogen) atoms. The van der Waals surface area contributed by atoms with Crippen molar-refractivity contribution in [1.82, 2.24) is 9.97 Å². The van der Waals surface area contributed by atoms with Crippen LogP contribution in [0.5, 0.6) is 11.5 Å². The van der Waals surface area contributed by atoms with E-state index in [1.807, 2.05) is 38.1 Å². The van der Waals surface area contributed by atoms with Crippen LogP contribution < -0.4 is 10.1 Å². The third-order valence-electron chi connectivity index (χ3n) is 4.52. The smallest absolute Gasteiger partial charge is 0.143 e. The third-order valence-corrected chi connectivity index (χ3v) is 5.54. The van der Waals surface area contributed by atoms with Gasteiger partial charge in [0.25, 0.3) is 0 Å². The van der Waals surface area contributed by atoms with Gasteiger partial charge < -0.3 is 15.2 Å². The van der Waals surface area contributed by atoms with Crippen LogP contribution in [-0.2, 0) is 0 Å². The Kier molecular flexibility index (Phi) is 4.88. The summed E-state index contributed by atoms with van der Waals surface area (Å²) in [5, 5.41) is 14.5. The SMILES string of the molecule is CCOc1ccc(-c2c(C)sc3ncnc(Nc4ccc(C)cc4O)c23)cc1. The van der Waals surface area contributed by atoms with Gasteiger partial charge in [-0.25, -0.2) is 9.97 Å². The predicted molar refractivity (Wildman–Crippen MR) is 115 cm³/mol. The molecule has 2 heterocycles. The Balaban J connectivity index is 1.82. The van der Waals surface area contributed by atoms with Crippen LogP contribution in [-0.4, -0.2) is 21.7 Å². The molecule has 4 aromatic rings.